The van der Waals surface area contributed by atoms with Crippen molar-refractivity contribution in [3.63, 3.8) is 0 Å². The first-order valence-corrected chi connectivity index (χ1v) is 12.7. The standard InChI is InChI=1S/C26H28FN3O4S/c1-20-7-13-23(14-8-20)35(32,33)30(25-6-4-3-5-24(25)27)19-26(31)29-17-15-28(16-18-29)21-9-11-22(34-2)12-10-21/h3-14H,15-19H2,1-2H3. The van der Waals surface area contributed by atoms with E-state index in [1.54, 1.807) is 30.2 Å². The molecule has 0 aromatic heterocycles. The highest BCUT2D eigenvalue weighted by molar-refractivity contribution is 7.92. The van der Waals surface area contributed by atoms with Gasteiger partial charge in [-0.2, -0.15) is 0 Å². The number of carbonyl (C=O) groups is 1. The van der Waals surface area contributed by atoms with E-state index in [4.69, 9.17) is 4.74 Å². The van der Waals surface area contributed by atoms with E-state index in [0.29, 0.717) is 26.2 Å². The molecule has 0 radical (unpaired) electrons. The van der Waals surface area contributed by atoms with Gasteiger partial charge in [-0.25, -0.2) is 12.8 Å². The first-order valence-electron chi connectivity index (χ1n) is 11.3. The van der Waals surface area contributed by atoms with Crippen LogP contribution in [0.4, 0.5) is 15.8 Å². The zero-order valence-electron chi connectivity index (χ0n) is 19.7. The summed E-state index contributed by atoms with van der Waals surface area (Å²) in [6.45, 7) is 3.42. The number of aryl methyl sites for hydroxylation is 1. The van der Waals surface area contributed by atoms with Crippen LogP contribution in [0.3, 0.4) is 0 Å². The van der Waals surface area contributed by atoms with Crippen LogP contribution in [-0.4, -0.2) is 59.1 Å². The topological polar surface area (TPSA) is 70.2 Å². The highest BCUT2D eigenvalue weighted by Crippen LogP contribution is 2.27. The van der Waals surface area contributed by atoms with Gasteiger partial charge in [0.15, 0.2) is 0 Å². The quantitative estimate of drug-likeness (QED) is 0.498. The molecule has 35 heavy (non-hydrogen) atoms. The molecular formula is C26H28FN3O4S. The molecule has 3 aromatic rings. The smallest absolute Gasteiger partial charge is 0.264 e. The number of amides is 1. The van der Waals surface area contributed by atoms with Gasteiger partial charge in [-0.1, -0.05) is 29.8 Å². The van der Waals surface area contributed by atoms with E-state index in [0.717, 1.165) is 21.3 Å². The summed E-state index contributed by atoms with van der Waals surface area (Å²) in [5.41, 5.74) is 1.76. The molecule has 0 atom stereocenters. The average Bonchev–Trinajstić information content (AvgIpc) is 2.88. The minimum absolute atomic E-state index is 0.00322. The van der Waals surface area contributed by atoms with E-state index in [1.807, 2.05) is 31.2 Å². The molecule has 4 rings (SSSR count). The van der Waals surface area contributed by atoms with Crippen LogP contribution in [0.25, 0.3) is 0 Å². The summed E-state index contributed by atoms with van der Waals surface area (Å²) >= 11 is 0. The Labute approximate surface area is 205 Å². The predicted octanol–water partition coefficient (Wildman–Crippen LogP) is 3.69. The van der Waals surface area contributed by atoms with Crippen LogP contribution in [0.5, 0.6) is 5.75 Å². The Morgan fingerprint density at radius 3 is 2.17 bits per heavy atom. The summed E-state index contributed by atoms with van der Waals surface area (Å²) in [5, 5.41) is 0. The van der Waals surface area contributed by atoms with Gasteiger partial charge in [0.25, 0.3) is 10.0 Å². The van der Waals surface area contributed by atoms with Crippen LogP contribution in [-0.2, 0) is 14.8 Å². The molecule has 0 bridgehead atoms. The minimum Gasteiger partial charge on any atom is -0.497 e. The summed E-state index contributed by atoms with van der Waals surface area (Å²) in [6, 6.07) is 19.6. The normalized spacial score (nSPS) is 14.0. The second-order valence-electron chi connectivity index (χ2n) is 8.34. The number of rotatable bonds is 7. The van der Waals surface area contributed by atoms with Crippen LogP contribution >= 0.6 is 0 Å². The summed E-state index contributed by atoms with van der Waals surface area (Å²) in [4.78, 5) is 17.0. The van der Waals surface area contributed by atoms with E-state index in [1.165, 1.54) is 30.3 Å². The van der Waals surface area contributed by atoms with Crippen molar-refractivity contribution < 1.29 is 22.3 Å². The van der Waals surface area contributed by atoms with Crippen molar-refractivity contribution in [1.29, 1.82) is 0 Å². The molecule has 9 heteroatoms. The Hall–Kier alpha value is -3.59. The number of anilines is 2. The van der Waals surface area contributed by atoms with Crippen LogP contribution in [0.1, 0.15) is 5.56 Å². The number of hydrogen-bond acceptors (Lipinski definition) is 5. The monoisotopic (exact) mass is 497 g/mol. The molecule has 184 valence electrons. The number of methoxy groups -OCH3 is 1. The molecule has 1 heterocycles. The van der Waals surface area contributed by atoms with Gasteiger partial charge >= 0.3 is 0 Å². The third-order valence-corrected chi connectivity index (χ3v) is 7.85. The lowest BCUT2D eigenvalue weighted by Crippen LogP contribution is -2.52. The molecule has 1 aliphatic heterocycles. The zero-order valence-corrected chi connectivity index (χ0v) is 20.5. The van der Waals surface area contributed by atoms with Gasteiger partial charge in [-0.05, 0) is 55.5 Å². The molecule has 3 aromatic carbocycles. The van der Waals surface area contributed by atoms with Crippen molar-refractivity contribution >= 4 is 27.3 Å². The fraction of sp³-hybridized carbons (Fsp3) is 0.269. The first-order chi connectivity index (χ1) is 16.8. The second-order valence-corrected chi connectivity index (χ2v) is 10.2. The van der Waals surface area contributed by atoms with Crippen molar-refractivity contribution in [2.24, 2.45) is 0 Å². The van der Waals surface area contributed by atoms with Crippen molar-refractivity contribution in [2.45, 2.75) is 11.8 Å². The molecule has 0 N–H and O–H groups in total. The predicted molar refractivity (Wildman–Crippen MR) is 134 cm³/mol. The maximum Gasteiger partial charge on any atom is 0.264 e. The van der Waals surface area contributed by atoms with Gasteiger partial charge in [-0.3, -0.25) is 9.10 Å². The number of para-hydroxylation sites is 1. The molecule has 1 saturated heterocycles. The molecular weight excluding hydrogens is 469 g/mol. The Kier molecular flexibility index (Phi) is 7.25. The van der Waals surface area contributed by atoms with E-state index in [-0.39, 0.29) is 16.5 Å². The second kappa shape index (κ2) is 10.4. The molecule has 0 unspecified atom stereocenters. The molecule has 0 spiro atoms. The van der Waals surface area contributed by atoms with Gasteiger partial charge in [-0.15, -0.1) is 0 Å². The number of benzene rings is 3. The van der Waals surface area contributed by atoms with E-state index in [2.05, 4.69) is 4.90 Å². The van der Waals surface area contributed by atoms with Gasteiger partial charge < -0.3 is 14.5 Å². The molecule has 1 amide bonds. The summed E-state index contributed by atoms with van der Waals surface area (Å²) < 4.78 is 47.7. The average molecular weight is 498 g/mol. The van der Waals surface area contributed by atoms with Crippen LogP contribution in [0, 0.1) is 12.7 Å². The summed E-state index contributed by atoms with van der Waals surface area (Å²) in [7, 11) is -2.55. The van der Waals surface area contributed by atoms with Gasteiger partial charge in [0.05, 0.1) is 17.7 Å². The summed E-state index contributed by atoms with van der Waals surface area (Å²) in [5.74, 6) is -0.316. The Balaban J connectivity index is 1.52. The van der Waals surface area contributed by atoms with Gasteiger partial charge in [0, 0.05) is 31.9 Å². The third kappa shape index (κ3) is 5.40. The van der Waals surface area contributed by atoms with Crippen LogP contribution in [0.15, 0.2) is 77.7 Å². The van der Waals surface area contributed by atoms with E-state index < -0.39 is 22.4 Å². The largest absolute Gasteiger partial charge is 0.497 e. The SMILES string of the molecule is COc1ccc(N2CCN(C(=O)CN(c3ccccc3F)S(=O)(=O)c3ccc(C)cc3)CC2)cc1. The fourth-order valence-corrected chi connectivity index (χ4v) is 5.44. The van der Waals surface area contributed by atoms with E-state index >= 15 is 0 Å². The lowest BCUT2D eigenvalue weighted by Gasteiger charge is -2.37. The molecule has 1 fully saturated rings. The van der Waals surface area contributed by atoms with Crippen molar-refractivity contribution in [3.05, 3.63) is 84.2 Å². The highest BCUT2D eigenvalue weighted by Gasteiger charge is 2.31. The molecule has 0 saturated carbocycles. The molecule has 7 nitrogen and oxygen atoms in total. The van der Waals surface area contributed by atoms with Crippen LogP contribution < -0.4 is 13.9 Å². The Bertz CT molecular complexity index is 1270. The summed E-state index contributed by atoms with van der Waals surface area (Å²) in [6.07, 6.45) is 0. The number of carbonyl (C=O) groups excluding carboxylic acids is 1. The Morgan fingerprint density at radius 2 is 1.57 bits per heavy atom. The number of halogens is 1. The van der Waals surface area contributed by atoms with Crippen molar-refractivity contribution in [1.82, 2.24) is 4.90 Å². The lowest BCUT2D eigenvalue weighted by molar-refractivity contribution is -0.129. The zero-order chi connectivity index (χ0) is 25.0. The lowest BCUT2D eigenvalue weighted by atomic mass is 10.2. The molecule has 0 aliphatic carbocycles. The number of sulfonamides is 1. The fourth-order valence-electron chi connectivity index (χ4n) is 4.02. The maximum atomic E-state index is 14.7. The Morgan fingerprint density at radius 1 is 0.943 bits per heavy atom. The third-order valence-electron chi connectivity index (χ3n) is 6.08. The minimum atomic E-state index is -4.16. The number of hydrogen-bond donors (Lipinski definition) is 0. The number of piperazine rings is 1. The van der Waals surface area contributed by atoms with Gasteiger partial charge in [0.1, 0.15) is 18.1 Å². The van der Waals surface area contributed by atoms with Gasteiger partial charge in [0.2, 0.25) is 5.91 Å². The van der Waals surface area contributed by atoms with Crippen LogP contribution in [0.2, 0.25) is 0 Å². The van der Waals surface area contributed by atoms with Crippen molar-refractivity contribution in [2.75, 3.05) is 49.0 Å². The highest BCUT2D eigenvalue weighted by atomic mass is 32.2. The number of nitrogens with zero attached hydrogens (tertiary/aromatic N) is 3. The number of ether oxygens (including phenoxy) is 1. The van der Waals surface area contributed by atoms with E-state index in [9.17, 15) is 17.6 Å². The van der Waals surface area contributed by atoms with Crippen molar-refractivity contribution in [3.8, 4) is 5.75 Å². The first kappa shape index (κ1) is 24.5. The molecule has 1 aliphatic rings. The maximum absolute atomic E-state index is 14.7.